The smallest absolute Gasteiger partial charge is 0.329 e. The lowest BCUT2D eigenvalue weighted by atomic mass is 9.80. The number of nitrogens with zero attached hydrogens (tertiary/aromatic N) is 4. The Hall–Kier alpha value is -2.53. The predicted molar refractivity (Wildman–Crippen MR) is 95.0 cm³/mol. The van der Waals surface area contributed by atoms with Crippen LogP contribution < -0.4 is 4.81 Å². The molecular formula is C17H13BClF2N4O. The topological polar surface area (TPSA) is 69.9 Å². The number of hydrogen-bond donors (Lipinski definition) is 0. The van der Waals surface area contributed by atoms with Crippen molar-refractivity contribution >= 4 is 30.9 Å². The van der Waals surface area contributed by atoms with Crippen LogP contribution in [0.25, 0.3) is 11.3 Å². The molecule has 0 fully saturated rings. The molecule has 0 bridgehead atoms. The molecular weight excluding hydrogens is 360 g/mol. The van der Waals surface area contributed by atoms with Crippen LogP contribution in [0.3, 0.4) is 0 Å². The third-order valence-corrected chi connectivity index (χ3v) is 4.64. The number of carbonyl (C=O) groups is 1. The van der Waals surface area contributed by atoms with Gasteiger partial charge in [0.25, 0.3) is 0 Å². The Bertz CT molecular complexity index is 905. The van der Waals surface area contributed by atoms with Gasteiger partial charge in [0.1, 0.15) is 12.3 Å². The first-order chi connectivity index (χ1) is 12.4. The number of alkyl halides is 2. The first-order valence-corrected chi connectivity index (χ1v) is 8.17. The van der Waals surface area contributed by atoms with Crippen molar-refractivity contribution in [3.05, 3.63) is 40.8 Å². The van der Waals surface area contributed by atoms with Gasteiger partial charge in [-0.1, -0.05) is 6.92 Å². The Labute approximate surface area is 154 Å². The molecule has 26 heavy (non-hydrogen) atoms. The van der Waals surface area contributed by atoms with E-state index in [1.807, 2.05) is 0 Å². The fourth-order valence-corrected chi connectivity index (χ4v) is 3.54. The SMILES string of the molecule is CC1(CC(F)F)CN([B]C=O)c2c(C#N)cc(-c3ccnc(Cl)n3)cc21. The Morgan fingerprint density at radius 3 is 2.92 bits per heavy atom. The summed E-state index contributed by atoms with van der Waals surface area (Å²) < 4.78 is 26.4. The minimum absolute atomic E-state index is 0.0489. The zero-order chi connectivity index (χ0) is 18.9. The average molecular weight is 374 g/mol. The second kappa shape index (κ2) is 7.00. The molecule has 1 atom stereocenters. The Morgan fingerprint density at radius 1 is 1.54 bits per heavy atom. The molecule has 0 N–H and O–H groups in total. The number of carbonyl (C=O) groups excluding carboxylic acids is 1. The Morgan fingerprint density at radius 2 is 2.31 bits per heavy atom. The van der Waals surface area contributed by atoms with E-state index in [2.05, 4.69) is 16.0 Å². The number of fused-ring (bicyclic) bond motifs is 1. The zero-order valence-corrected chi connectivity index (χ0v) is 14.5. The number of hydrogen-bond acceptors (Lipinski definition) is 5. The van der Waals surface area contributed by atoms with Crippen molar-refractivity contribution in [2.75, 3.05) is 11.4 Å². The van der Waals surface area contributed by atoms with E-state index in [0.717, 1.165) is 0 Å². The number of benzene rings is 1. The first kappa shape index (κ1) is 18.3. The van der Waals surface area contributed by atoms with Gasteiger partial charge in [0.15, 0.2) is 0 Å². The van der Waals surface area contributed by atoms with Gasteiger partial charge in [-0.3, -0.25) is 0 Å². The minimum atomic E-state index is -2.52. The summed E-state index contributed by atoms with van der Waals surface area (Å²) >= 11 is 5.84. The second-order valence-electron chi connectivity index (χ2n) is 6.31. The van der Waals surface area contributed by atoms with Crippen molar-refractivity contribution in [2.45, 2.75) is 25.2 Å². The van der Waals surface area contributed by atoms with Crippen LogP contribution in [0.2, 0.25) is 5.28 Å². The van der Waals surface area contributed by atoms with Gasteiger partial charge in [0, 0.05) is 35.8 Å². The highest BCUT2D eigenvalue weighted by Crippen LogP contribution is 2.46. The summed E-state index contributed by atoms with van der Waals surface area (Å²) in [5.41, 5.74) is 1.50. The molecule has 2 heterocycles. The lowest BCUT2D eigenvalue weighted by Crippen LogP contribution is -2.35. The van der Waals surface area contributed by atoms with Crippen LogP contribution in [-0.4, -0.2) is 36.5 Å². The molecule has 1 aliphatic heterocycles. The van der Waals surface area contributed by atoms with Gasteiger partial charge in [-0.15, -0.1) is 0 Å². The fourth-order valence-electron chi connectivity index (χ4n) is 3.39. The number of nitriles is 1. The summed E-state index contributed by atoms with van der Waals surface area (Å²) in [6.45, 7) is 1.89. The van der Waals surface area contributed by atoms with Crippen molar-refractivity contribution in [1.82, 2.24) is 9.97 Å². The van der Waals surface area contributed by atoms with Gasteiger partial charge < -0.3 is 9.61 Å². The standard InChI is InChI=1S/C17H13BClF2N4O/c1-17(6-14(20)21)8-25(18-9-26)15-11(7-22)4-10(5-12(15)17)13-2-3-23-16(19)24-13/h2-5,9,14H,6,8H2,1H3. The summed E-state index contributed by atoms with van der Waals surface area (Å²) in [7, 11) is 1.26. The van der Waals surface area contributed by atoms with E-state index < -0.39 is 11.8 Å². The van der Waals surface area contributed by atoms with E-state index in [9.17, 15) is 18.8 Å². The molecule has 0 spiro atoms. The average Bonchev–Trinajstić information content (AvgIpc) is 2.86. The largest absolute Gasteiger partial charge is 0.410 e. The Kier molecular flexibility index (Phi) is 4.92. The van der Waals surface area contributed by atoms with Gasteiger partial charge in [-0.25, -0.2) is 18.7 Å². The molecule has 2 aromatic rings. The molecule has 0 aliphatic carbocycles. The molecule has 1 aromatic carbocycles. The molecule has 0 amide bonds. The highest BCUT2D eigenvalue weighted by Gasteiger charge is 2.42. The molecule has 5 nitrogen and oxygen atoms in total. The molecule has 9 heteroatoms. The van der Waals surface area contributed by atoms with Crippen molar-refractivity contribution in [3.8, 4) is 17.3 Å². The van der Waals surface area contributed by atoms with Crippen LogP contribution in [-0.2, 0) is 10.2 Å². The minimum Gasteiger partial charge on any atom is -0.410 e. The lowest BCUT2D eigenvalue weighted by Gasteiger charge is -2.25. The van der Waals surface area contributed by atoms with Gasteiger partial charge in [0.2, 0.25) is 11.7 Å². The van der Waals surface area contributed by atoms with Crippen LogP contribution in [0.5, 0.6) is 0 Å². The van der Waals surface area contributed by atoms with Crippen molar-refractivity contribution in [2.24, 2.45) is 0 Å². The third kappa shape index (κ3) is 3.27. The lowest BCUT2D eigenvalue weighted by molar-refractivity contribution is 0.111. The normalized spacial score (nSPS) is 18.5. The number of aromatic nitrogens is 2. The number of halogens is 3. The van der Waals surface area contributed by atoms with Gasteiger partial charge in [0.05, 0.1) is 11.3 Å². The first-order valence-electron chi connectivity index (χ1n) is 7.79. The van der Waals surface area contributed by atoms with E-state index in [4.69, 9.17) is 11.6 Å². The van der Waals surface area contributed by atoms with Gasteiger partial charge >= 0.3 is 7.41 Å². The van der Waals surface area contributed by atoms with Crippen LogP contribution in [0.15, 0.2) is 24.4 Å². The van der Waals surface area contributed by atoms with E-state index in [-0.39, 0.29) is 23.8 Å². The summed E-state index contributed by atoms with van der Waals surface area (Å²) in [6, 6.07) is 7.06. The van der Waals surface area contributed by atoms with Crippen molar-refractivity contribution in [3.63, 3.8) is 0 Å². The quantitative estimate of drug-likeness (QED) is 0.457. The maximum atomic E-state index is 13.2. The van der Waals surface area contributed by atoms with E-state index in [0.29, 0.717) is 28.7 Å². The number of rotatable bonds is 5. The molecule has 131 valence electrons. The van der Waals surface area contributed by atoms with E-state index in [1.54, 1.807) is 29.9 Å². The fraction of sp³-hybridized carbons (Fsp3) is 0.294. The maximum Gasteiger partial charge on any atom is 0.329 e. The summed E-state index contributed by atoms with van der Waals surface area (Å²) in [5, 5.41) is 9.63. The molecule has 3 rings (SSSR count). The second-order valence-corrected chi connectivity index (χ2v) is 6.65. The highest BCUT2D eigenvalue weighted by molar-refractivity contribution is 6.70. The monoisotopic (exact) mass is 373 g/mol. The van der Waals surface area contributed by atoms with Crippen LogP contribution in [0.1, 0.15) is 24.5 Å². The number of anilines is 1. The summed E-state index contributed by atoms with van der Waals surface area (Å²) in [5.74, 6) is 0. The third-order valence-electron chi connectivity index (χ3n) is 4.45. The molecule has 1 unspecified atom stereocenters. The maximum absolute atomic E-state index is 13.2. The predicted octanol–water partition coefficient (Wildman–Crippen LogP) is 3.21. The molecule has 0 saturated carbocycles. The molecule has 0 saturated heterocycles. The van der Waals surface area contributed by atoms with Crippen LogP contribution in [0.4, 0.5) is 14.5 Å². The Balaban J connectivity index is 2.21. The molecule has 1 radical (unpaired) electrons. The summed E-state index contributed by atoms with van der Waals surface area (Å²) in [4.78, 5) is 20.5. The van der Waals surface area contributed by atoms with E-state index >= 15 is 0 Å². The van der Waals surface area contributed by atoms with Gasteiger partial charge in [-0.05, 0) is 35.4 Å². The summed E-state index contributed by atoms with van der Waals surface area (Å²) in [6.07, 6.45) is -0.847. The zero-order valence-electron chi connectivity index (χ0n) is 13.8. The van der Waals surface area contributed by atoms with Crippen LogP contribution in [0, 0.1) is 11.3 Å². The van der Waals surface area contributed by atoms with Crippen molar-refractivity contribution in [1.29, 1.82) is 5.26 Å². The molecule has 1 aromatic heterocycles. The van der Waals surface area contributed by atoms with E-state index in [1.165, 1.54) is 13.6 Å². The highest BCUT2D eigenvalue weighted by atomic mass is 35.5. The van der Waals surface area contributed by atoms with Gasteiger partial charge in [-0.2, -0.15) is 5.26 Å². The van der Waals surface area contributed by atoms with Crippen molar-refractivity contribution < 1.29 is 13.6 Å². The molecule has 1 aliphatic rings. The van der Waals surface area contributed by atoms with Crippen LogP contribution >= 0.6 is 11.6 Å².